The topological polar surface area (TPSA) is 101 Å². The first kappa shape index (κ1) is 19.3. The highest BCUT2D eigenvalue weighted by Gasteiger charge is 2.06. The van der Waals surface area contributed by atoms with Gasteiger partial charge in [0.15, 0.2) is 0 Å². The molecule has 0 bridgehead atoms. The summed E-state index contributed by atoms with van der Waals surface area (Å²) in [6.07, 6.45) is 6.27. The van der Waals surface area contributed by atoms with E-state index in [0.717, 1.165) is 11.1 Å². The van der Waals surface area contributed by atoms with Crippen molar-refractivity contribution in [3.05, 3.63) is 67.3 Å². The Labute approximate surface area is 145 Å². The third-order valence-corrected chi connectivity index (χ3v) is 3.51. The first-order valence-electron chi connectivity index (χ1n) is 6.75. The Kier molecular flexibility index (Phi) is 8.10. The lowest BCUT2D eigenvalue weighted by Crippen LogP contribution is -1.95. The lowest BCUT2D eigenvalue weighted by Gasteiger charge is -2.12. The summed E-state index contributed by atoms with van der Waals surface area (Å²) >= 11 is -2.32. The lowest BCUT2D eigenvalue weighted by atomic mass is 10.1. The Balaban J connectivity index is 0.000000620. The van der Waals surface area contributed by atoms with Gasteiger partial charge in [0.25, 0.3) is 0 Å². The molecule has 128 valence electrons. The molecule has 0 fully saturated rings. The van der Waals surface area contributed by atoms with Gasteiger partial charge in [0.1, 0.15) is 5.75 Å². The number of pyridine rings is 1. The average molecular weight is 346 g/mol. The molecule has 0 aliphatic rings. The minimum atomic E-state index is -2.32. The van der Waals surface area contributed by atoms with Gasteiger partial charge in [-0.05, 0) is 59.3 Å². The molecule has 2 aromatic rings. The standard InChI is InChI=1S/C12H11NO3S.C5H8N2.H2/c1-16-11-3-2-10(8-12(11)17(14)15)9-4-6-13-7-5-9;1-3-5(6)4-7-2;/h2-8H,1H3,(H,14,15);3-4H,1-2,6H2;1H/p-1/b;5-4+;. The number of hydrogen-bond acceptors (Lipinski definition) is 6. The molecule has 0 spiro atoms. The zero-order valence-electron chi connectivity index (χ0n) is 13.2. The normalized spacial score (nSPS) is 11.7. The summed E-state index contributed by atoms with van der Waals surface area (Å²) in [6.45, 7) is 6.59. The van der Waals surface area contributed by atoms with Crippen LogP contribution in [0.15, 0.2) is 77.2 Å². The summed E-state index contributed by atoms with van der Waals surface area (Å²) in [7, 11) is 1.44. The van der Waals surface area contributed by atoms with Gasteiger partial charge in [-0.25, -0.2) is 0 Å². The molecule has 0 radical (unpaired) electrons. The maximum atomic E-state index is 11.1. The van der Waals surface area contributed by atoms with Crippen LogP contribution in [-0.4, -0.2) is 27.6 Å². The van der Waals surface area contributed by atoms with E-state index < -0.39 is 11.1 Å². The maximum absolute atomic E-state index is 11.1. The predicted octanol–water partition coefficient (Wildman–Crippen LogP) is 2.91. The number of nitrogens with zero attached hydrogens (tertiary/aromatic N) is 2. The molecule has 7 heteroatoms. The number of nitrogens with two attached hydrogens (primary N) is 1. The Morgan fingerprint density at radius 2 is 2.04 bits per heavy atom. The van der Waals surface area contributed by atoms with Crippen molar-refractivity contribution in [2.75, 3.05) is 7.11 Å². The van der Waals surface area contributed by atoms with E-state index in [9.17, 15) is 8.76 Å². The zero-order valence-corrected chi connectivity index (χ0v) is 14.0. The Bertz CT molecular complexity index is 752. The molecule has 0 aliphatic carbocycles. The molecule has 1 aromatic carbocycles. The van der Waals surface area contributed by atoms with Crippen LogP contribution in [0.25, 0.3) is 11.1 Å². The van der Waals surface area contributed by atoms with Crippen molar-refractivity contribution in [1.29, 1.82) is 0 Å². The number of ether oxygens (including phenoxy) is 1. The molecule has 0 saturated heterocycles. The molecule has 0 aliphatic heterocycles. The maximum Gasteiger partial charge on any atom is 0.133 e. The number of methoxy groups -OCH3 is 1. The largest absolute Gasteiger partial charge is 0.768 e. The number of hydrogen-bond donors (Lipinski definition) is 1. The number of rotatable bonds is 5. The highest BCUT2D eigenvalue weighted by molar-refractivity contribution is 7.79. The third-order valence-electron chi connectivity index (χ3n) is 2.83. The highest BCUT2D eigenvalue weighted by Crippen LogP contribution is 2.28. The molecular weight excluding hydrogens is 326 g/mol. The summed E-state index contributed by atoms with van der Waals surface area (Å²) in [6, 6.07) is 8.67. The van der Waals surface area contributed by atoms with Crippen LogP contribution in [0.5, 0.6) is 5.75 Å². The van der Waals surface area contributed by atoms with Crippen LogP contribution >= 0.6 is 0 Å². The molecule has 2 N–H and O–H groups in total. The molecule has 0 amide bonds. The van der Waals surface area contributed by atoms with Crippen molar-refractivity contribution in [2.24, 2.45) is 10.7 Å². The van der Waals surface area contributed by atoms with E-state index in [4.69, 9.17) is 10.5 Å². The van der Waals surface area contributed by atoms with E-state index in [1.165, 1.54) is 19.4 Å². The minimum Gasteiger partial charge on any atom is -0.768 e. The van der Waals surface area contributed by atoms with Gasteiger partial charge < -0.3 is 15.0 Å². The minimum absolute atomic E-state index is 0. The second kappa shape index (κ2) is 10.1. The molecule has 1 unspecified atom stereocenters. The molecule has 1 heterocycles. The Hall–Kier alpha value is -2.77. The zero-order chi connectivity index (χ0) is 17.9. The molecular formula is C17H20N3O3S-. The van der Waals surface area contributed by atoms with Crippen molar-refractivity contribution < 1.29 is 14.9 Å². The van der Waals surface area contributed by atoms with Crippen molar-refractivity contribution in [2.45, 2.75) is 4.90 Å². The third kappa shape index (κ3) is 5.79. The highest BCUT2D eigenvalue weighted by atomic mass is 32.2. The van der Waals surface area contributed by atoms with Crippen LogP contribution in [0, 0.1) is 0 Å². The summed E-state index contributed by atoms with van der Waals surface area (Å²) in [5, 5.41) is 0. The molecule has 6 nitrogen and oxygen atoms in total. The van der Waals surface area contributed by atoms with Crippen molar-refractivity contribution >= 4 is 17.8 Å². The van der Waals surface area contributed by atoms with E-state index in [1.54, 1.807) is 24.5 Å². The summed E-state index contributed by atoms with van der Waals surface area (Å²) in [5.41, 5.74) is 7.45. The fourth-order valence-corrected chi connectivity index (χ4v) is 2.23. The van der Waals surface area contributed by atoms with E-state index in [-0.39, 0.29) is 6.32 Å². The van der Waals surface area contributed by atoms with Gasteiger partial charge in [0, 0.05) is 25.7 Å². The van der Waals surface area contributed by atoms with Crippen LogP contribution in [0.4, 0.5) is 0 Å². The summed E-state index contributed by atoms with van der Waals surface area (Å²) in [4.78, 5) is 7.47. The number of aliphatic imine (C=N–C) groups is 1. The van der Waals surface area contributed by atoms with Gasteiger partial charge in [0.05, 0.1) is 12.0 Å². The van der Waals surface area contributed by atoms with Crippen LogP contribution in [0.2, 0.25) is 0 Å². The Morgan fingerprint density at radius 3 is 2.50 bits per heavy atom. The van der Waals surface area contributed by atoms with Crippen molar-refractivity contribution in [3.63, 3.8) is 0 Å². The monoisotopic (exact) mass is 346 g/mol. The first-order chi connectivity index (χ1) is 11.5. The quantitative estimate of drug-likeness (QED) is 0.509. The molecule has 2 rings (SSSR count). The van der Waals surface area contributed by atoms with E-state index in [1.807, 2.05) is 18.2 Å². The first-order valence-corrected chi connectivity index (χ1v) is 7.82. The number of aromatic nitrogens is 1. The van der Waals surface area contributed by atoms with E-state index in [2.05, 4.69) is 23.3 Å². The Morgan fingerprint density at radius 1 is 1.38 bits per heavy atom. The van der Waals surface area contributed by atoms with Gasteiger partial charge in [-0.15, -0.1) is 0 Å². The SMILES string of the molecule is C=C/C(N)=C\N=C.COc1ccc(-c2ccncc2)cc1S(=O)[O-].[HH]. The number of allylic oxidation sites excluding steroid dienone is 1. The fourth-order valence-electron chi connectivity index (χ4n) is 1.69. The van der Waals surface area contributed by atoms with Gasteiger partial charge in [0.2, 0.25) is 0 Å². The molecule has 1 aromatic heterocycles. The van der Waals surface area contributed by atoms with Crippen molar-refractivity contribution in [1.82, 2.24) is 4.98 Å². The van der Waals surface area contributed by atoms with Gasteiger partial charge in [-0.2, -0.15) is 0 Å². The summed E-state index contributed by atoms with van der Waals surface area (Å²) in [5.74, 6) is 0.344. The van der Waals surface area contributed by atoms with Crippen LogP contribution in [0.3, 0.4) is 0 Å². The van der Waals surface area contributed by atoms with Crippen LogP contribution < -0.4 is 10.5 Å². The number of benzene rings is 1. The predicted molar refractivity (Wildman–Crippen MR) is 97.5 cm³/mol. The molecule has 1 atom stereocenters. The second-order valence-corrected chi connectivity index (χ2v) is 5.26. The van der Waals surface area contributed by atoms with E-state index >= 15 is 0 Å². The molecule has 0 saturated carbocycles. The smallest absolute Gasteiger partial charge is 0.133 e. The van der Waals surface area contributed by atoms with Gasteiger partial charge >= 0.3 is 0 Å². The molecule has 24 heavy (non-hydrogen) atoms. The lowest BCUT2D eigenvalue weighted by molar-refractivity contribution is 0.401. The average Bonchev–Trinajstić information content (AvgIpc) is 2.62. The van der Waals surface area contributed by atoms with Gasteiger partial charge in [-0.3, -0.25) is 14.2 Å². The fraction of sp³-hybridized carbons (Fsp3) is 0.0588. The van der Waals surface area contributed by atoms with Crippen LogP contribution in [0.1, 0.15) is 1.43 Å². The van der Waals surface area contributed by atoms with Gasteiger partial charge in [-0.1, -0.05) is 12.6 Å². The summed E-state index contributed by atoms with van der Waals surface area (Å²) < 4.78 is 27.1. The van der Waals surface area contributed by atoms with Crippen molar-refractivity contribution in [3.8, 4) is 16.9 Å². The van der Waals surface area contributed by atoms with E-state index in [0.29, 0.717) is 11.4 Å². The second-order valence-electron chi connectivity index (χ2n) is 4.35. The van der Waals surface area contributed by atoms with Crippen LogP contribution in [-0.2, 0) is 11.1 Å².